The van der Waals surface area contributed by atoms with Gasteiger partial charge in [0, 0.05) is 11.4 Å². The smallest absolute Gasteiger partial charge is 1.00 e. The van der Waals surface area contributed by atoms with Crippen molar-refractivity contribution in [3.05, 3.63) is 107 Å². The predicted octanol–water partition coefficient (Wildman–Crippen LogP) is 3.64. The van der Waals surface area contributed by atoms with Gasteiger partial charge in [0.05, 0.1) is 0 Å². The summed E-state index contributed by atoms with van der Waals surface area (Å²) in [4.78, 5) is 8.28. The number of nitrogens with zero attached hydrogens (tertiary/aromatic N) is 3. The SMILES string of the molecule is CC(C)c1cccc(C(C)C)c1N1C=CN(c2c(C(C)C)cccc2C(C)C)[CH-]1.Clc1[c-]nccc1.[Cl-].[Cl-].[Pd+2]. The summed E-state index contributed by atoms with van der Waals surface area (Å²) in [7, 11) is 0. The zero-order valence-electron chi connectivity index (χ0n) is 24.0. The molecule has 2 heterocycles. The van der Waals surface area contributed by atoms with Crippen LogP contribution >= 0.6 is 11.6 Å². The first-order valence-electron chi connectivity index (χ1n) is 13.0. The van der Waals surface area contributed by atoms with Crippen LogP contribution in [-0.4, -0.2) is 4.98 Å². The monoisotopic (exact) mass is 677 g/mol. The van der Waals surface area contributed by atoms with Crippen molar-refractivity contribution in [2.24, 2.45) is 0 Å². The maximum atomic E-state index is 5.42. The van der Waals surface area contributed by atoms with Crippen molar-refractivity contribution in [1.82, 2.24) is 4.98 Å². The maximum Gasteiger partial charge on any atom is 2.00 e. The fraction of sp³-hybridized carbons (Fsp3) is 0.375. The number of rotatable bonds is 6. The van der Waals surface area contributed by atoms with Gasteiger partial charge in [0.25, 0.3) is 0 Å². The van der Waals surface area contributed by atoms with Gasteiger partial charge in [-0.3, -0.25) is 0 Å². The summed E-state index contributed by atoms with van der Waals surface area (Å²) < 4.78 is 0. The van der Waals surface area contributed by atoms with Crippen molar-refractivity contribution < 1.29 is 45.2 Å². The average molecular weight is 679 g/mol. The Balaban J connectivity index is 0.00000126. The van der Waals surface area contributed by atoms with Gasteiger partial charge in [-0.25, -0.2) is 0 Å². The van der Waals surface area contributed by atoms with Crippen molar-refractivity contribution in [3.63, 3.8) is 0 Å². The second-order valence-electron chi connectivity index (χ2n) is 10.5. The molecule has 216 valence electrons. The average Bonchev–Trinajstić information content (AvgIpc) is 3.33. The molecule has 0 aliphatic carbocycles. The zero-order chi connectivity index (χ0) is 26.4. The van der Waals surface area contributed by atoms with Crippen LogP contribution in [0.4, 0.5) is 11.4 Å². The van der Waals surface area contributed by atoms with Crippen LogP contribution in [0.5, 0.6) is 0 Å². The molecule has 0 saturated carbocycles. The molecule has 0 saturated heterocycles. The van der Waals surface area contributed by atoms with E-state index in [4.69, 9.17) is 11.6 Å². The topological polar surface area (TPSA) is 19.4 Å². The van der Waals surface area contributed by atoms with E-state index < -0.39 is 0 Å². The van der Waals surface area contributed by atoms with E-state index in [1.165, 1.54) is 33.6 Å². The van der Waals surface area contributed by atoms with Crippen molar-refractivity contribution >= 4 is 23.0 Å². The largest absolute Gasteiger partial charge is 2.00 e. The maximum absolute atomic E-state index is 5.42. The molecular formula is C32H40Cl3N3Pd-2. The molecule has 0 fully saturated rings. The van der Waals surface area contributed by atoms with Gasteiger partial charge >= 0.3 is 20.4 Å². The third-order valence-corrected chi connectivity index (χ3v) is 6.62. The van der Waals surface area contributed by atoms with E-state index in [-0.39, 0.29) is 45.2 Å². The fourth-order valence-corrected chi connectivity index (χ4v) is 4.67. The van der Waals surface area contributed by atoms with Gasteiger partial charge in [0.15, 0.2) is 0 Å². The van der Waals surface area contributed by atoms with Crippen LogP contribution in [0.15, 0.2) is 67.1 Å². The molecule has 0 radical (unpaired) electrons. The van der Waals surface area contributed by atoms with Crippen molar-refractivity contribution in [2.45, 2.75) is 79.1 Å². The molecule has 3 aromatic rings. The first-order valence-corrected chi connectivity index (χ1v) is 13.3. The van der Waals surface area contributed by atoms with Crippen LogP contribution in [-0.2, 0) is 20.4 Å². The van der Waals surface area contributed by atoms with Gasteiger partial charge in [-0.15, -0.1) is 24.3 Å². The summed E-state index contributed by atoms with van der Waals surface area (Å²) >= 11 is 5.42. The van der Waals surface area contributed by atoms with Gasteiger partial charge in [0.1, 0.15) is 0 Å². The molecule has 2 aromatic carbocycles. The Morgan fingerprint density at radius 3 is 1.23 bits per heavy atom. The predicted molar refractivity (Wildman–Crippen MR) is 156 cm³/mol. The van der Waals surface area contributed by atoms with Crippen molar-refractivity contribution in [2.75, 3.05) is 9.80 Å². The fourth-order valence-electron chi connectivity index (χ4n) is 4.55. The molecule has 4 rings (SSSR count). The van der Waals surface area contributed by atoms with Gasteiger partial charge in [-0.05, 0) is 58.3 Å². The number of halogens is 3. The molecule has 0 N–H and O–H groups in total. The number of aromatic nitrogens is 1. The molecular weight excluding hydrogens is 639 g/mol. The number of hydrogen-bond donors (Lipinski definition) is 0. The Morgan fingerprint density at radius 1 is 0.641 bits per heavy atom. The molecule has 1 aliphatic heterocycles. The molecule has 1 aromatic heterocycles. The third kappa shape index (κ3) is 9.52. The van der Waals surface area contributed by atoms with Gasteiger partial charge in [-0.1, -0.05) is 109 Å². The summed E-state index contributed by atoms with van der Waals surface area (Å²) in [5.74, 6) is 1.92. The van der Waals surface area contributed by atoms with E-state index in [0.717, 1.165) is 0 Å². The number of hydrogen-bond acceptors (Lipinski definition) is 3. The zero-order valence-corrected chi connectivity index (χ0v) is 27.9. The number of pyridine rings is 1. The molecule has 3 nitrogen and oxygen atoms in total. The van der Waals surface area contributed by atoms with Crippen LogP contribution in [0.1, 0.15) is 101 Å². The Bertz CT molecular complexity index is 1040. The normalized spacial score (nSPS) is 12.2. The van der Waals surface area contributed by atoms with Crippen LogP contribution in [0.2, 0.25) is 5.02 Å². The summed E-state index contributed by atoms with van der Waals surface area (Å²) in [6.45, 7) is 20.5. The van der Waals surface area contributed by atoms with Crippen molar-refractivity contribution in [3.8, 4) is 0 Å². The summed E-state index contributed by atoms with van der Waals surface area (Å²) in [6, 6.07) is 17.0. The molecule has 1 aliphatic rings. The minimum absolute atomic E-state index is 0. The third-order valence-electron chi connectivity index (χ3n) is 6.41. The molecule has 39 heavy (non-hydrogen) atoms. The van der Waals surface area contributed by atoms with E-state index in [9.17, 15) is 0 Å². The first kappa shape index (κ1) is 37.5. The summed E-state index contributed by atoms with van der Waals surface area (Å²) in [5.41, 5.74) is 8.29. The Hall–Kier alpha value is -1.54. The second-order valence-corrected chi connectivity index (χ2v) is 10.9. The first-order chi connectivity index (χ1) is 17.1. The number of anilines is 2. The molecule has 0 bridgehead atoms. The van der Waals surface area contributed by atoms with Gasteiger partial charge in [0.2, 0.25) is 0 Å². The molecule has 0 spiro atoms. The minimum Gasteiger partial charge on any atom is -1.00 e. The van der Waals surface area contributed by atoms with E-state index in [2.05, 4.69) is 132 Å². The van der Waals surface area contributed by atoms with E-state index in [1.54, 1.807) is 18.3 Å². The Kier molecular flexibility index (Phi) is 16.6. The van der Waals surface area contributed by atoms with Gasteiger partial charge in [-0.2, -0.15) is 6.07 Å². The minimum atomic E-state index is 0. The summed E-state index contributed by atoms with van der Waals surface area (Å²) in [6.07, 6.45) is 8.61. The molecule has 7 heteroatoms. The van der Waals surface area contributed by atoms with Crippen LogP contribution < -0.4 is 34.6 Å². The van der Waals surface area contributed by atoms with E-state index in [0.29, 0.717) is 28.7 Å². The quantitative estimate of drug-likeness (QED) is 0.294. The standard InChI is InChI=1S/C27H37N2.C5H3ClN.2ClH.Pd/c1-18(2)22-11-9-12-23(19(3)4)26(22)28-15-16-29(17-28)27-24(20(5)6)13-10-14-25(27)21(7)8;6-5-2-1-3-7-4-5;;;/h9-21H,1-8H3;1-3H;2*1H;/q2*-1;;;+2/p-2. The van der Waals surface area contributed by atoms with Crippen molar-refractivity contribution in [1.29, 1.82) is 0 Å². The Labute approximate surface area is 267 Å². The Morgan fingerprint density at radius 2 is 1.00 bits per heavy atom. The molecule has 0 amide bonds. The van der Waals surface area contributed by atoms with Gasteiger partial charge < -0.3 is 39.6 Å². The van der Waals surface area contributed by atoms with Crippen LogP contribution in [0.3, 0.4) is 0 Å². The molecule has 0 atom stereocenters. The summed E-state index contributed by atoms with van der Waals surface area (Å²) in [5, 5.41) is 0.558. The molecule has 0 unspecified atom stereocenters. The number of benzene rings is 2. The van der Waals surface area contributed by atoms with Crippen LogP contribution in [0, 0.1) is 12.9 Å². The second kappa shape index (κ2) is 17.3. The number of para-hydroxylation sites is 2. The van der Waals surface area contributed by atoms with Crippen LogP contribution in [0.25, 0.3) is 0 Å². The van der Waals surface area contributed by atoms with E-state index >= 15 is 0 Å². The van der Waals surface area contributed by atoms with E-state index in [1.807, 2.05) is 0 Å².